The van der Waals surface area contributed by atoms with Crippen LogP contribution in [0.4, 0.5) is 5.69 Å². The predicted molar refractivity (Wildman–Crippen MR) is 85.2 cm³/mol. The molecule has 1 unspecified atom stereocenters. The van der Waals surface area contributed by atoms with E-state index < -0.39 is 0 Å². The van der Waals surface area contributed by atoms with Gasteiger partial charge in [-0.05, 0) is 67.4 Å². The molecule has 0 fully saturated rings. The van der Waals surface area contributed by atoms with E-state index in [0.29, 0.717) is 11.7 Å². The highest BCUT2D eigenvalue weighted by Gasteiger charge is 2.27. The number of rotatable bonds is 1. The Balaban J connectivity index is 1.70. The quantitative estimate of drug-likeness (QED) is 0.773. The zero-order chi connectivity index (χ0) is 14.2. The van der Waals surface area contributed by atoms with Gasteiger partial charge in [-0.1, -0.05) is 18.2 Å². The van der Waals surface area contributed by atoms with Crippen molar-refractivity contribution in [2.75, 3.05) is 11.4 Å². The molecule has 0 radical (unpaired) electrons. The summed E-state index contributed by atoms with van der Waals surface area (Å²) in [5, 5.41) is 0. The van der Waals surface area contributed by atoms with Gasteiger partial charge in [0.1, 0.15) is 0 Å². The van der Waals surface area contributed by atoms with E-state index in [-0.39, 0.29) is 0 Å². The van der Waals surface area contributed by atoms with Crippen molar-refractivity contribution < 1.29 is 4.79 Å². The number of anilines is 1. The Bertz CT molecular complexity index is 641. The maximum Gasteiger partial charge on any atom is 0.155 e. The third-order valence-electron chi connectivity index (χ3n) is 5.08. The molecule has 2 aliphatic carbocycles. The molecule has 0 amide bonds. The van der Waals surface area contributed by atoms with E-state index in [1.807, 2.05) is 6.08 Å². The third-order valence-corrected chi connectivity index (χ3v) is 5.08. The summed E-state index contributed by atoms with van der Waals surface area (Å²) in [6.07, 6.45) is 10.7. The molecule has 1 heterocycles. The van der Waals surface area contributed by atoms with E-state index >= 15 is 0 Å². The van der Waals surface area contributed by atoms with E-state index in [2.05, 4.69) is 35.2 Å². The Kier molecular flexibility index (Phi) is 3.17. The van der Waals surface area contributed by atoms with E-state index in [1.54, 1.807) is 0 Å². The highest BCUT2D eigenvalue weighted by molar-refractivity contribution is 5.92. The van der Waals surface area contributed by atoms with Crippen LogP contribution in [0.3, 0.4) is 0 Å². The summed E-state index contributed by atoms with van der Waals surface area (Å²) in [7, 11) is 0. The summed E-state index contributed by atoms with van der Waals surface area (Å²) >= 11 is 0. The summed E-state index contributed by atoms with van der Waals surface area (Å²) < 4.78 is 0. The summed E-state index contributed by atoms with van der Waals surface area (Å²) in [4.78, 5) is 14.2. The van der Waals surface area contributed by atoms with Crippen LogP contribution < -0.4 is 4.90 Å². The van der Waals surface area contributed by atoms with E-state index in [1.165, 1.54) is 41.8 Å². The number of ketones is 1. The number of hydrogen-bond acceptors (Lipinski definition) is 2. The Morgan fingerprint density at radius 2 is 1.86 bits per heavy atom. The second-order valence-electron chi connectivity index (χ2n) is 6.40. The molecule has 1 aromatic carbocycles. The first-order valence-corrected chi connectivity index (χ1v) is 8.12. The first-order chi connectivity index (χ1) is 10.3. The molecular weight excluding hydrogens is 258 g/mol. The molecule has 3 aliphatic rings. The van der Waals surface area contributed by atoms with Crippen molar-refractivity contribution in [1.82, 2.24) is 0 Å². The van der Waals surface area contributed by atoms with Gasteiger partial charge in [-0.15, -0.1) is 0 Å². The van der Waals surface area contributed by atoms with Crippen LogP contribution >= 0.6 is 0 Å². The molecule has 2 nitrogen and oxygen atoms in total. The molecule has 0 bridgehead atoms. The van der Waals surface area contributed by atoms with Crippen LogP contribution in [0.1, 0.15) is 37.7 Å². The number of allylic oxidation sites excluding steroid dienone is 4. The second-order valence-corrected chi connectivity index (χ2v) is 6.40. The number of hydrogen-bond donors (Lipinski definition) is 0. The summed E-state index contributed by atoms with van der Waals surface area (Å²) in [5.41, 5.74) is 5.51. The first kappa shape index (κ1) is 12.9. The molecule has 1 atom stereocenters. The van der Waals surface area contributed by atoms with Crippen molar-refractivity contribution in [3.8, 4) is 0 Å². The normalized spacial score (nSPS) is 24.9. The predicted octanol–water partition coefficient (Wildman–Crippen LogP) is 4.02. The van der Waals surface area contributed by atoms with Crippen molar-refractivity contribution in [3.63, 3.8) is 0 Å². The topological polar surface area (TPSA) is 20.3 Å². The van der Waals surface area contributed by atoms with Crippen molar-refractivity contribution in [3.05, 3.63) is 53.3 Å². The zero-order valence-corrected chi connectivity index (χ0v) is 12.3. The minimum atomic E-state index is 0.304. The minimum Gasteiger partial charge on any atom is -0.345 e. The van der Waals surface area contributed by atoms with Crippen molar-refractivity contribution in [2.24, 2.45) is 5.92 Å². The van der Waals surface area contributed by atoms with Crippen LogP contribution in [0.5, 0.6) is 0 Å². The minimum absolute atomic E-state index is 0.304. The van der Waals surface area contributed by atoms with Gasteiger partial charge in [-0.25, -0.2) is 0 Å². The van der Waals surface area contributed by atoms with E-state index in [0.717, 1.165) is 25.8 Å². The number of carbonyl (C=O) groups excluding carboxylic acids is 1. The first-order valence-electron chi connectivity index (χ1n) is 8.12. The SMILES string of the molecule is O=C1C=C2C=C(N3CCCc4ccccc43)CCC2CC1. The van der Waals surface area contributed by atoms with E-state index in [4.69, 9.17) is 0 Å². The molecule has 0 saturated carbocycles. The number of aryl methyl sites for hydroxylation is 1. The summed E-state index contributed by atoms with van der Waals surface area (Å²) in [6, 6.07) is 8.75. The fraction of sp³-hybridized carbons (Fsp3) is 0.421. The van der Waals surface area contributed by atoms with Crippen LogP contribution in [-0.2, 0) is 11.2 Å². The third kappa shape index (κ3) is 2.33. The van der Waals surface area contributed by atoms with Crippen LogP contribution in [0, 0.1) is 5.92 Å². The van der Waals surface area contributed by atoms with Gasteiger partial charge in [0.15, 0.2) is 5.78 Å². The smallest absolute Gasteiger partial charge is 0.155 e. The summed E-state index contributed by atoms with van der Waals surface area (Å²) in [6.45, 7) is 1.11. The molecule has 1 aromatic rings. The lowest BCUT2D eigenvalue weighted by Gasteiger charge is -2.37. The molecule has 1 aliphatic heterocycles. The van der Waals surface area contributed by atoms with Crippen LogP contribution in [0.15, 0.2) is 47.7 Å². The van der Waals surface area contributed by atoms with Crippen molar-refractivity contribution in [2.45, 2.75) is 38.5 Å². The molecule has 0 aromatic heterocycles. The average Bonchev–Trinajstić information content (AvgIpc) is 2.53. The highest BCUT2D eigenvalue weighted by Crippen LogP contribution is 2.39. The molecule has 0 spiro atoms. The lowest BCUT2D eigenvalue weighted by molar-refractivity contribution is -0.115. The number of nitrogens with zero attached hydrogens (tertiary/aromatic N) is 1. The monoisotopic (exact) mass is 279 g/mol. The Hall–Kier alpha value is -1.83. The maximum atomic E-state index is 11.7. The van der Waals surface area contributed by atoms with Gasteiger partial charge < -0.3 is 4.90 Å². The Morgan fingerprint density at radius 1 is 1.00 bits per heavy atom. The average molecular weight is 279 g/mol. The lowest BCUT2D eigenvalue weighted by Crippen LogP contribution is -2.31. The maximum absolute atomic E-state index is 11.7. The van der Waals surface area contributed by atoms with Gasteiger partial charge in [0.05, 0.1) is 0 Å². The fourth-order valence-corrected chi connectivity index (χ4v) is 3.96. The van der Waals surface area contributed by atoms with Crippen LogP contribution in [0.25, 0.3) is 0 Å². The molecule has 4 rings (SSSR count). The van der Waals surface area contributed by atoms with Gasteiger partial charge in [0.25, 0.3) is 0 Å². The fourth-order valence-electron chi connectivity index (χ4n) is 3.96. The van der Waals surface area contributed by atoms with Gasteiger partial charge in [0.2, 0.25) is 0 Å². The van der Waals surface area contributed by atoms with Crippen molar-refractivity contribution in [1.29, 1.82) is 0 Å². The van der Waals surface area contributed by atoms with Gasteiger partial charge in [-0.2, -0.15) is 0 Å². The molecule has 2 heteroatoms. The summed E-state index contributed by atoms with van der Waals surface area (Å²) in [5.74, 6) is 0.921. The second kappa shape index (κ2) is 5.18. The Morgan fingerprint density at radius 3 is 2.81 bits per heavy atom. The Labute approximate surface area is 126 Å². The molecule has 21 heavy (non-hydrogen) atoms. The van der Waals surface area contributed by atoms with Gasteiger partial charge in [-0.3, -0.25) is 4.79 Å². The standard InChI is InChI=1S/C19H21NO/c21-18-10-8-14-7-9-17(12-16(14)13-18)20-11-3-5-15-4-1-2-6-19(15)20/h1-2,4,6,12-14H,3,5,7-11H2. The van der Waals surface area contributed by atoms with Crippen LogP contribution in [-0.4, -0.2) is 12.3 Å². The molecule has 108 valence electrons. The number of para-hydroxylation sites is 1. The van der Waals surface area contributed by atoms with Gasteiger partial charge >= 0.3 is 0 Å². The zero-order valence-electron chi connectivity index (χ0n) is 12.3. The molecule has 0 saturated heterocycles. The molecular formula is C19H21NO. The number of benzene rings is 1. The van der Waals surface area contributed by atoms with Crippen LogP contribution in [0.2, 0.25) is 0 Å². The molecule has 0 N–H and O–H groups in total. The highest BCUT2D eigenvalue weighted by atomic mass is 16.1. The number of fused-ring (bicyclic) bond motifs is 2. The van der Waals surface area contributed by atoms with E-state index in [9.17, 15) is 4.79 Å². The van der Waals surface area contributed by atoms with Crippen molar-refractivity contribution >= 4 is 11.5 Å². The van der Waals surface area contributed by atoms with Gasteiger partial charge in [0, 0.05) is 24.4 Å². The number of carbonyl (C=O) groups is 1. The largest absolute Gasteiger partial charge is 0.345 e. The lowest BCUT2D eigenvalue weighted by atomic mass is 9.79.